The maximum Gasteiger partial charge on any atom is 0.276 e. The first-order valence-electron chi connectivity index (χ1n) is 9.71. The normalized spacial score (nSPS) is 21.4. The number of nitrogens with one attached hydrogen (secondary N) is 1. The molecule has 10 heteroatoms. The van der Waals surface area contributed by atoms with Gasteiger partial charge in [-0.3, -0.25) is 14.4 Å². The van der Waals surface area contributed by atoms with E-state index in [1.807, 2.05) is 6.92 Å². The van der Waals surface area contributed by atoms with Gasteiger partial charge in [-0.1, -0.05) is 12.7 Å². The van der Waals surface area contributed by atoms with Gasteiger partial charge in [0, 0.05) is 30.4 Å². The first-order chi connectivity index (χ1) is 14.6. The summed E-state index contributed by atoms with van der Waals surface area (Å²) >= 11 is 0. The van der Waals surface area contributed by atoms with E-state index in [0.717, 1.165) is 0 Å². The van der Waals surface area contributed by atoms with Crippen LogP contribution in [-0.4, -0.2) is 51.8 Å². The third-order valence-electron chi connectivity index (χ3n) is 5.30. The average Bonchev–Trinajstić information content (AvgIpc) is 2.70. The summed E-state index contributed by atoms with van der Waals surface area (Å²) in [6.45, 7) is 6.56. The van der Waals surface area contributed by atoms with E-state index in [0.29, 0.717) is 19.1 Å². The summed E-state index contributed by atoms with van der Waals surface area (Å²) in [7, 11) is 0. The monoisotopic (exact) mass is 435 g/mol. The van der Waals surface area contributed by atoms with Crippen LogP contribution in [0.5, 0.6) is 5.75 Å². The molecule has 166 valence electrons. The molecule has 3 rings (SSSR count). The van der Waals surface area contributed by atoms with Gasteiger partial charge >= 0.3 is 0 Å². The molecule has 0 aromatic carbocycles. The molecule has 2 aliphatic rings. The minimum absolute atomic E-state index is 0.0233. The summed E-state index contributed by atoms with van der Waals surface area (Å²) in [4.78, 5) is 39.5. The molecule has 0 bridgehead atoms. The van der Waals surface area contributed by atoms with E-state index in [9.17, 15) is 28.3 Å². The summed E-state index contributed by atoms with van der Waals surface area (Å²) in [6, 6.07) is -0.125. The standard InChI is InChI=1S/C21H23F2N3O5/c1-4-13(15(23)7-11(2)22)8-24-20(29)14-9-25-10-16-26(12(3)5-6-31-16)21(30)17(25)19(28)18(14)27/h4,7,9,12,16,28H,2,5-6,8,10H2,1,3H3,(H,24,29)/b13-4-,15-7+/t12-,16+/m1/s1. The third kappa shape index (κ3) is 4.29. The predicted octanol–water partition coefficient (Wildman–Crippen LogP) is 2.16. The van der Waals surface area contributed by atoms with Gasteiger partial charge in [0.2, 0.25) is 5.43 Å². The van der Waals surface area contributed by atoms with Crippen LogP contribution < -0.4 is 10.7 Å². The molecule has 0 spiro atoms. The van der Waals surface area contributed by atoms with Crippen molar-refractivity contribution in [1.29, 1.82) is 0 Å². The Morgan fingerprint density at radius 3 is 2.77 bits per heavy atom. The van der Waals surface area contributed by atoms with Crippen molar-refractivity contribution in [3.05, 3.63) is 63.6 Å². The fourth-order valence-electron chi connectivity index (χ4n) is 3.65. The molecule has 1 fully saturated rings. The number of carbonyl (C=O) groups is 2. The summed E-state index contributed by atoms with van der Waals surface area (Å²) in [5, 5.41) is 12.8. The average molecular weight is 435 g/mol. The van der Waals surface area contributed by atoms with E-state index < -0.39 is 46.4 Å². The van der Waals surface area contributed by atoms with Gasteiger partial charge in [0.1, 0.15) is 17.2 Å². The number of rotatable bonds is 5. The lowest BCUT2D eigenvalue weighted by molar-refractivity contribution is -0.112. The van der Waals surface area contributed by atoms with Crippen LogP contribution >= 0.6 is 0 Å². The number of allylic oxidation sites excluding steroid dienone is 3. The van der Waals surface area contributed by atoms with E-state index in [1.54, 1.807) is 0 Å². The van der Waals surface area contributed by atoms with Crippen LogP contribution in [-0.2, 0) is 11.3 Å². The lowest BCUT2D eigenvalue weighted by atomic mass is 10.1. The molecular formula is C21H23F2N3O5. The number of hydrogen-bond acceptors (Lipinski definition) is 5. The summed E-state index contributed by atoms with van der Waals surface area (Å²) in [5.41, 5.74) is -1.66. The topological polar surface area (TPSA) is 101 Å². The van der Waals surface area contributed by atoms with Crippen LogP contribution in [0.3, 0.4) is 0 Å². The van der Waals surface area contributed by atoms with Gasteiger partial charge in [0.15, 0.2) is 17.7 Å². The first-order valence-corrected chi connectivity index (χ1v) is 9.71. The van der Waals surface area contributed by atoms with Crippen molar-refractivity contribution in [2.24, 2.45) is 0 Å². The minimum atomic E-state index is -1.02. The number of aromatic nitrogens is 1. The third-order valence-corrected chi connectivity index (χ3v) is 5.30. The number of aromatic hydroxyl groups is 1. The van der Waals surface area contributed by atoms with Crippen LogP contribution in [0.25, 0.3) is 0 Å². The number of pyridine rings is 1. The molecule has 2 N–H and O–H groups in total. The molecule has 0 saturated carbocycles. The van der Waals surface area contributed by atoms with Gasteiger partial charge in [-0.05, 0) is 20.3 Å². The first kappa shape index (κ1) is 22.4. The molecule has 0 aliphatic carbocycles. The second-order valence-corrected chi connectivity index (χ2v) is 7.33. The lowest BCUT2D eigenvalue weighted by Crippen LogP contribution is -2.57. The molecule has 2 amide bonds. The summed E-state index contributed by atoms with van der Waals surface area (Å²) in [5.74, 6) is -4.18. The van der Waals surface area contributed by atoms with Crippen molar-refractivity contribution in [2.45, 2.75) is 39.1 Å². The molecule has 1 aromatic rings. The Kier molecular flexibility index (Phi) is 6.40. The Morgan fingerprint density at radius 2 is 2.13 bits per heavy atom. The summed E-state index contributed by atoms with van der Waals surface area (Å²) < 4.78 is 33.7. The van der Waals surface area contributed by atoms with Crippen molar-refractivity contribution in [3.8, 4) is 5.75 Å². The Labute approximate surface area is 177 Å². The second-order valence-electron chi connectivity index (χ2n) is 7.33. The molecule has 1 aromatic heterocycles. The van der Waals surface area contributed by atoms with Crippen molar-refractivity contribution in [1.82, 2.24) is 14.8 Å². The molecule has 2 aliphatic heterocycles. The number of fused-ring (bicyclic) bond motifs is 2. The highest BCUT2D eigenvalue weighted by Crippen LogP contribution is 2.29. The SMILES string of the molecule is C=C(F)/C=C(F)\C(=C/C)CNC(=O)c1cn2c(c(O)c1=O)C(=O)N1[C@H](C)CCO[C@H]1C2. The molecule has 1 saturated heterocycles. The summed E-state index contributed by atoms with van der Waals surface area (Å²) in [6.07, 6.45) is 3.13. The van der Waals surface area contributed by atoms with Crippen LogP contribution in [0, 0.1) is 0 Å². The predicted molar refractivity (Wildman–Crippen MR) is 108 cm³/mol. The molecule has 8 nitrogen and oxygen atoms in total. The smallest absolute Gasteiger partial charge is 0.276 e. The highest BCUT2D eigenvalue weighted by Gasteiger charge is 2.41. The Bertz CT molecular complexity index is 1060. The lowest BCUT2D eigenvalue weighted by Gasteiger charge is -2.44. The zero-order valence-electron chi connectivity index (χ0n) is 17.2. The molecule has 0 unspecified atom stereocenters. The molecular weight excluding hydrogens is 412 g/mol. The van der Waals surface area contributed by atoms with E-state index in [4.69, 9.17) is 4.74 Å². The van der Waals surface area contributed by atoms with E-state index in [-0.39, 0.29) is 30.4 Å². The zero-order valence-corrected chi connectivity index (χ0v) is 17.2. The fraction of sp³-hybridized carbons (Fsp3) is 0.381. The van der Waals surface area contributed by atoms with E-state index >= 15 is 0 Å². The Morgan fingerprint density at radius 1 is 1.42 bits per heavy atom. The van der Waals surface area contributed by atoms with Crippen molar-refractivity contribution in [2.75, 3.05) is 13.2 Å². The van der Waals surface area contributed by atoms with Crippen LogP contribution in [0.2, 0.25) is 0 Å². The van der Waals surface area contributed by atoms with Gasteiger partial charge in [0.25, 0.3) is 11.8 Å². The van der Waals surface area contributed by atoms with Gasteiger partial charge in [-0.2, -0.15) is 0 Å². The molecule has 3 heterocycles. The molecule has 31 heavy (non-hydrogen) atoms. The van der Waals surface area contributed by atoms with Gasteiger partial charge in [0.05, 0.1) is 13.2 Å². The number of ether oxygens (including phenoxy) is 1. The maximum absolute atomic E-state index is 14.0. The van der Waals surface area contributed by atoms with Crippen molar-refractivity contribution < 1.29 is 28.2 Å². The second kappa shape index (κ2) is 8.84. The van der Waals surface area contributed by atoms with E-state index in [1.165, 1.54) is 28.7 Å². The zero-order chi connectivity index (χ0) is 22.9. The van der Waals surface area contributed by atoms with Gasteiger partial charge in [-0.15, -0.1) is 0 Å². The quantitative estimate of drug-likeness (QED) is 0.691. The molecule has 0 radical (unpaired) electrons. The highest BCUT2D eigenvalue weighted by atomic mass is 19.1. The van der Waals surface area contributed by atoms with Crippen LogP contribution in [0.4, 0.5) is 8.78 Å². The Hall–Kier alpha value is -3.27. The maximum atomic E-state index is 14.0. The van der Waals surface area contributed by atoms with Crippen molar-refractivity contribution >= 4 is 11.8 Å². The van der Waals surface area contributed by atoms with Crippen LogP contribution in [0.1, 0.15) is 41.1 Å². The minimum Gasteiger partial charge on any atom is -0.503 e. The van der Waals surface area contributed by atoms with E-state index in [2.05, 4.69) is 11.9 Å². The molecule has 2 atom stereocenters. The van der Waals surface area contributed by atoms with Gasteiger partial charge in [-0.25, -0.2) is 8.78 Å². The largest absolute Gasteiger partial charge is 0.503 e. The Balaban J connectivity index is 1.88. The number of halogens is 2. The number of nitrogens with zero attached hydrogens (tertiary/aromatic N) is 2. The van der Waals surface area contributed by atoms with Gasteiger partial charge < -0.3 is 24.6 Å². The van der Waals surface area contributed by atoms with Crippen molar-refractivity contribution in [3.63, 3.8) is 0 Å². The highest BCUT2D eigenvalue weighted by molar-refractivity contribution is 5.99. The number of amides is 2. The number of hydrogen-bond donors (Lipinski definition) is 2. The van der Waals surface area contributed by atoms with Crippen LogP contribution in [0.15, 0.2) is 46.9 Å². The number of carbonyl (C=O) groups excluding carboxylic acids is 2. The fourth-order valence-corrected chi connectivity index (χ4v) is 3.65.